The number of rotatable bonds is 1. The highest BCUT2D eigenvalue weighted by atomic mass is 79.9. The number of hydrogen-bond donors (Lipinski definition) is 2. The molecule has 2 rings (SSSR count). The van der Waals surface area contributed by atoms with Gasteiger partial charge in [-0.2, -0.15) is 0 Å². The lowest BCUT2D eigenvalue weighted by molar-refractivity contribution is 1.26. The number of halogens is 1. The van der Waals surface area contributed by atoms with Crippen molar-refractivity contribution in [3.8, 4) is 0 Å². The van der Waals surface area contributed by atoms with Crippen LogP contribution < -0.4 is 11.3 Å². The third kappa shape index (κ3) is 1.64. The lowest BCUT2D eigenvalue weighted by atomic mass is 10.2. The molecule has 0 amide bonds. The summed E-state index contributed by atoms with van der Waals surface area (Å²) in [6, 6.07) is 9.77. The monoisotopic (exact) mass is 237 g/mol. The predicted molar refractivity (Wildman–Crippen MR) is 57.3 cm³/mol. The molecule has 0 atom stereocenters. The van der Waals surface area contributed by atoms with Crippen LogP contribution in [0.25, 0.3) is 10.9 Å². The van der Waals surface area contributed by atoms with Crippen LogP contribution in [0, 0.1) is 0 Å². The second-order valence-corrected chi connectivity index (χ2v) is 3.59. The first-order valence-electron chi connectivity index (χ1n) is 3.82. The van der Waals surface area contributed by atoms with Crippen LogP contribution in [0.3, 0.4) is 0 Å². The maximum absolute atomic E-state index is 5.25. The number of benzene rings is 1. The Labute approximate surface area is 84.1 Å². The van der Waals surface area contributed by atoms with Gasteiger partial charge in [-0.1, -0.05) is 22.0 Å². The molecule has 3 N–H and O–H groups in total. The van der Waals surface area contributed by atoms with Crippen LogP contribution in [-0.2, 0) is 0 Å². The first kappa shape index (κ1) is 8.47. The van der Waals surface area contributed by atoms with Crippen molar-refractivity contribution in [2.24, 2.45) is 5.84 Å². The van der Waals surface area contributed by atoms with Gasteiger partial charge in [0.15, 0.2) is 0 Å². The standard InChI is InChI=1S/C9H8BrN3/c10-7-3-1-6-2-4-9(13-11)12-8(6)5-7/h1-5H,11H2,(H,12,13). The lowest BCUT2D eigenvalue weighted by Crippen LogP contribution is -2.08. The Kier molecular flexibility index (Phi) is 2.16. The number of pyridine rings is 1. The lowest BCUT2D eigenvalue weighted by Gasteiger charge is -2.01. The van der Waals surface area contributed by atoms with E-state index in [1.807, 2.05) is 30.3 Å². The van der Waals surface area contributed by atoms with Gasteiger partial charge in [0.1, 0.15) is 5.82 Å². The summed E-state index contributed by atoms with van der Waals surface area (Å²) < 4.78 is 1.02. The van der Waals surface area contributed by atoms with E-state index in [1.54, 1.807) is 0 Å². The normalized spacial score (nSPS) is 10.3. The number of hydrogen-bond acceptors (Lipinski definition) is 3. The zero-order valence-corrected chi connectivity index (χ0v) is 8.38. The smallest absolute Gasteiger partial charge is 0.140 e. The Morgan fingerprint density at radius 3 is 2.77 bits per heavy atom. The first-order valence-corrected chi connectivity index (χ1v) is 4.62. The van der Waals surface area contributed by atoms with Crippen LogP contribution in [0.2, 0.25) is 0 Å². The average Bonchev–Trinajstić information content (AvgIpc) is 2.16. The minimum Gasteiger partial charge on any atom is -0.308 e. The van der Waals surface area contributed by atoms with Crippen molar-refractivity contribution >= 4 is 32.7 Å². The third-order valence-electron chi connectivity index (χ3n) is 1.80. The molecule has 0 aliphatic carbocycles. The van der Waals surface area contributed by atoms with Crippen LogP contribution in [-0.4, -0.2) is 4.98 Å². The maximum Gasteiger partial charge on any atom is 0.140 e. The molecule has 0 spiro atoms. The molecule has 0 saturated heterocycles. The maximum atomic E-state index is 5.25. The van der Waals surface area contributed by atoms with Gasteiger partial charge in [-0.05, 0) is 24.3 Å². The van der Waals surface area contributed by atoms with Crippen LogP contribution in [0.1, 0.15) is 0 Å². The van der Waals surface area contributed by atoms with Gasteiger partial charge >= 0.3 is 0 Å². The molecule has 0 saturated carbocycles. The summed E-state index contributed by atoms with van der Waals surface area (Å²) in [6.07, 6.45) is 0. The molecular formula is C9H8BrN3. The van der Waals surface area contributed by atoms with Crippen molar-refractivity contribution in [1.29, 1.82) is 0 Å². The fourth-order valence-corrected chi connectivity index (χ4v) is 1.52. The highest BCUT2D eigenvalue weighted by Gasteiger charge is 1.96. The summed E-state index contributed by atoms with van der Waals surface area (Å²) in [7, 11) is 0. The first-order chi connectivity index (χ1) is 6.29. The van der Waals surface area contributed by atoms with Crippen molar-refractivity contribution in [1.82, 2.24) is 4.98 Å². The van der Waals surface area contributed by atoms with Crippen LogP contribution >= 0.6 is 15.9 Å². The van der Waals surface area contributed by atoms with Gasteiger partial charge in [0.2, 0.25) is 0 Å². The van der Waals surface area contributed by atoms with Crippen LogP contribution in [0.5, 0.6) is 0 Å². The number of nitrogen functional groups attached to an aromatic ring is 1. The van der Waals surface area contributed by atoms with E-state index in [2.05, 4.69) is 26.3 Å². The molecule has 13 heavy (non-hydrogen) atoms. The predicted octanol–water partition coefficient (Wildman–Crippen LogP) is 2.28. The van der Waals surface area contributed by atoms with Crippen molar-refractivity contribution in [2.45, 2.75) is 0 Å². The molecule has 1 heterocycles. The zero-order valence-electron chi connectivity index (χ0n) is 6.79. The van der Waals surface area contributed by atoms with Gasteiger partial charge in [-0.15, -0.1) is 0 Å². The highest BCUT2D eigenvalue weighted by Crippen LogP contribution is 2.19. The van der Waals surface area contributed by atoms with E-state index >= 15 is 0 Å². The topological polar surface area (TPSA) is 50.9 Å². The van der Waals surface area contributed by atoms with Crippen molar-refractivity contribution in [3.05, 3.63) is 34.8 Å². The average molecular weight is 238 g/mol. The molecular weight excluding hydrogens is 230 g/mol. The number of hydrazine groups is 1. The van der Waals surface area contributed by atoms with Crippen molar-refractivity contribution in [3.63, 3.8) is 0 Å². The number of nitrogens with zero attached hydrogens (tertiary/aromatic N) is 1. The fraction of sp³-hybridized carbons (Fsp3) is 0. The van der Waals surface area contributed by atoms with Gasteiger partial charge in [-0.25, -0.2) is 10.8 Å². The number of fused-ring (bicyclic) bond motifs is 1. The van der Waals surface area contributed by atoms with Crippen molar-refractivity contribution in [2.75, 3.05) is 5.43 Å². The molecule has 2 aromatic rings. The summed E-state index contributed by atoms with van der Waals surface area (Å²) in [6.45, 7) is 0. The Bertz CT molecular complexity index is 442. The van der Waals surface area contributed by atoms with E-state index in [4.69, 9.17) is 5.84 Å². The van der Waals surface area contributed by atoms with E-state index in [0.717, 1.165) is 15.4 Å². The van der Waals surface area contributed by atoms with Gasteiger partial charge in [-0.3, -0.25) is 0 Å². The van der Waals surface area contributed by atoms with Crippen LogP contribution in [0.15, 0.2) is 34.8 Å². The molecule has 0 radical (unpaired) electrons. The number of aromatic nitrogens is 1. The van der Waals surface area contributed by atoms with E-state index in [0.29, 0.717) is 5.82 Å². The molecule has 66 valence electrons. The van der Waals surface area contributed by atoms with Gasteiger partial charge in [0.25, 0.3) is 0 Å². The summed E-state index contributed by atoms with van der Waals surface area (Å²) in [4.78, 5) is 4.29. The fourth-order valence-electron chi connectivity index (χ4n) is 1.17. The Morgan fingerprint density at radius 1 is 1.23 bits per heavy atom. The molecule has 4 heteroatoms. The molecule has 0 fully saturated rings. The van der Waals surface area contributed by atoms with Crippen LogP contribution in [0.4, 0.5) is 5.82 Å². The largest absolute Gasteiger partial charge is 0.308 e. The van der Waals surface area contributed by atoms with E-state index in [9.17, 15) is 0 Å². The van der Waals surface area contributed by atoms with Gasteiger partial charge in [0, 0.05) is 9.86 Å². The van der Waals surface area contributed by atoms with E-state index < -0.39 is 0 Å². The number of anilines is 1. The van der Waals surface area contributed by atoms with Gasteiger partial charge < -0.3 is 5.43 Å². The molecule has 0 aliphatic rings. The Morgan fingerprint density at radius 2 is 2.00 bits per heavy atom. The molecule has 0 bridgehead atoms. The third-order valence-corrected chi connectivity index (χ3v) is 2.30. The molecule has 0 unspecified atom stereocenters. The molecule has 3 nitrogen and oxygen atoms in total. The van der Waals surface area contributed by atoms with Gasteiger partial charge in [0.05, 0.1) is 5.52 Å². The van der Waals surface area contributed by atoms with Crippen molar-refractivity contribution < 1.29 is 0 Å². The Balaban J connectivity index is 2.68. The molecule has 1 aromatic heterocycles. The minimum absolute atomic E-state index is 0.672. The SMILES string of the molecule is NNc1ccc2ccc(Br)cc2n1. The summed E-state index contributed by atoms with van der Waals surface area (Å²) >= 11 is 3.39. The second kappa shape index (κ2) is 3.32. The van der Waals surface area contributed by atoms with E-state index in [1.165, 1.54) is 0 Å². The van der Waals surface area contributed by atoms with E-state index in [-0.39, 0.29) is 0 Å². The highest BCUT2D eigenvalue weighted by molar-refractivity contribution is 9.10. The molecule has 0 aliphatic heterocycles. The summed E-state index contributed by atoms with van der Waals surface area (Å²) in [5, 5.41) is 1.10. The Hall–Kier alpha value is -1.13. The zero-order chi connectivity index (χ0) is 9.26. The summed E-state index contributed by atoms with van der Waals surface area (Å²) in [5.41, 5.74) is 3.43. The molecule has 1 aromatic carbocycles. The second-order valence-electron chi connectivity index (χ2n) is 2.68. The summed E-state index contributed by atoms with van der Waals surface area (Å²) in [5.74, 6) is 5.93. The number of nitrogens with two attached hydrogens (primary N) is 1. The number of nitrogens with one attached hydrogen (secondary N) is 1. The quantitative estimate of drug-likeness (QED) is 0.591. The minimum atomic E-state index is 0.672.